The van der Waals surface area contributed by atoms with Gasteiger partial charge in [-0.25, -0.2) is 13.1 Å². The van der Waals surface area contributed by atoms with E-state index < -0.39 is 15.6 Å². The van der Waals surface area contributed by atoms with E-state index in [1.807, 2.05) is 13.8 Å². The van der Waals surface area contributed by atoms with Crippen molar-refractivity contribution in [3.05, 3.63) is 35.4 Å². The SMILES string of the molecule is CC(C)(CNCc1ccccc1C1CC1)NS(C)(=O)=O. The fourth-order valence-electron chi connectivity index (χ4n) is 2.54. The molecule has 0 radical (unpaired) electrons. The molecule has 1 aliphatic carbocycles. The summed E-state index contributed by atoms with van der Waals surface area (Å²) in [6.45, 7) is 5.14. The predicted molar refractivity (Wildman–Crippen MR) is 82.2 cm³/mol. The van der Waals surface area contributed by atoms with Gasteiger partial charge in [-0.2, -0.15) is 0 Å². The lowest BCUT2D eigenvalue weighted by molar-refractivity contribution is 0.420. The molecule has 0 aromatic heterocycles. The van der Waals surface area contributed by atoms with E-state index in [1.165, 1.54) is 30.2 Å². The van der Waals surface area contributed by atoms with Gasteiger partial charge in [-0.05, 0) is 43.7 Å². The molecule has 0 aliphatic heterocycles. The van der Waals surface area contributed by atoms with Gasteiger partial charge in [-0.3, -0.25) is 0 Å². The Balaban J connectivity index is 1.90. The van der Waals surface area contributed by atoms with Crippen molar-refractivity contribution < 1.29 is 8.42 Å². The van der Waals surface area contributed by atoms with Crippen LogP contribution >= 0.6 is 0 Å². The van der Waals surface area contributed by atoms with Crippen LogP contribution < -0.4 is 10.0 Å². The average Bonchev–Trinajstić information content (AvgIpc) is 3.10. The standard InChI is InChI=1S/C15H24N2O2S/c1-15(2,17-20(3,18)19)11-16-10-13-6-4-5-7-14(13)12-8-9-12/h4-7,12,16-17H,8-11H2,1-3H3. The van der Waals surface area contributed by atoms with Gasteiger partial charge in [0.2, 0.25) is 10.0 Å². The molecule has 0 atom stereocenters. The molecule has 20 heavy (non-hydrogen) atoms. The van der Waals surface area contributed by atoms with Gasteiger partial charge in [0.15, 0.2) is 0 Å². The second kappa shape index (κ2) is 5.84. The third kappa shape index (κ3) is 4.89. The first-order valence-electron chi connectivity index (χ1n) is 7.04. The monoisotopic (exact) mass is 296 g/mol. The van der Waals surface area contributed by atoms with Crippen LogP contribution in [0.25, 0.3) is 0 Å². The molecule has 0 amide bonds. The molecule has 1 aromatic rings. The van der Waals surface area contributed by atoms with E-state index in [9.17, 15) is 8.42 Å². The molecule has 0 spiro atoms. The highest BCUT2D eigenvalue weighted by atomic mass is 32.2. The smallest absolute Gasteiger partial charge is 0.209 e. The first-order valence-corrected chi connectivity index (χ1v) is 8.93. The lowest BCUT2D eigenvalue weighted by Gasteiger charge is -2.25. The molecule has 2 N–H and O–H groups in total. The minimum absolute atomic E-state index is 0.484. The third-order valence-corrected chi connectivity index (χ3v) is 4.34. The maximum atomic E-state index is 11.3. The van der Waals surface area contributed by atoms with Crippen LogP contribution in [0.2, 0.25) is 0 Å². The fraction of sp³-hybridized carbons (Fsp3) is 0.600. The summed E-state index contributed by atoms with van der Waals surface area (Å²) in [5.74, 6) is 0.732. The van der Waals surface area contributed by atoms with E-state index in [0.717, 1.165) is 12.5 Å². The van der Waals surface area contributed by atoms with Crippen molar-refractivity contribution in [3.8, 4) is 0 Å². The Kier molecular flexibility index (Phi) is 4.52. The van der Waals surface area contributed by atoms with Crippen molar-refractivity contribution in [2.24, 2.45) is 0 Å². The summed E-state index contributed by atoms with van der Waals surface area (Å²) in [5.41, 5.74) is 2.28. The summed E-state index contributed by atoms with van der Waals surface area (Å²) in [6, 6.07) is 8.50. The summed E-state index contributed by atoms with van der Waals surface area (Å²) in [7, 11) is -3.18. The Labute approximate surface area is 122 Å². The molecule has 112 valence electrons. The number of rotatable bonds is 7. The molecule has 4 nitrogen and oxygen atoms in total. The molecular formula is C15H24N2O2S. The van der Waals surface area contributed by atoms with Gasteiger partial charge >= 0.3 is 0 Å². The Bertz CT molecular complexity index is 563. The van der Waals surface area contributed by atoms with Gasteiger partial charge in [0.25, 0.3) is 0 Å². The normalized spacial score (nSPS) is 16.4. The highest BCUT2D eigenvalue weighted by Gasteiger charge is 2.26. The predicted octanol–water partition coefficient (Wildman–Crippen LogP) is 1.98. The number of sulfonamides is 1. The largest absolute Gasteiger partial charge is 0.311 e. The Morgan fingerprint density at radius 2 is 1.90 bits per heavy atom. The second-order valence-corrected chi connectivity index (χ2v) is 8.08. The molecule has 0 unspecified atom stereocenters. The zero-order valence-electron chi connectivity index (χ0n) is 12.4. The van der Waals surface area contributed by atoms with Gasteiger partial charge in [0, 0.05) is 18.6 Å². The Morgan fingerprint density at radius 3 is 2.50 bits per heavy atom. The molecule has 0 bridgehead atoms. The first-order chi connectivity index (χ1) is 9.27. The molecule has 2 rings (SSSR count). The number of hydrogen-bond acceptors (Lipinski definition) is 3. The summed E-state index contributed by atoms with van der Waals surface area (Å²) < 4.78 is 25.2. The molecule has 1 aromatic carbocycles. The topological polar surface area (TPSA) is 58.2 Å². The highest BCUT2D eigenvalue weighted by molar-refractivity contribution is 7.88. The van der Waals surface area contributed by atoms with Gasteiger partial charge < -0.3 is 5.32 Å². The van der Waals surface area contributed by atoms with Gasteiger partial charge in [0.05, 0.1) is 6.26 Å². The Hall–Kier alpha value is -0.910. The van der Waals surface area contributed by atoms with Crippen LogP contribution in [0.5, 0.6) is 0 Å². The quantitative estimate of drug-likeness (QED) is 0.809. The van der Waals surface area contributed by atoms with Crippen LogP contribution in [-0.4, -0.2) is 26.8 Å². The van der Waals surface area contributed by atoms with E-state index >= 15 is 0 Å². The summed E-state index contributed by atoms with van der Waals surface area (Å²) >= 11 is 0. The molecule has 5 heteroatoms. The molecule has 1 saturated carbocycles. The van der Waals surface area contributed by atoms with Crippen molar-refractivity contribution in [1.82, 2.24) is 10.0 Å². The minimum Gasteiger partial charge on any atom is -0.311 e. The number of benzene rings is 1. The highest BCUT2D eigenvalue weighted by Crippen LogP contribution is 2.41. The molecule has 0 heterocycles. The van der Waals surface area contributed by atoms with Crippen LogP contribution in [0.4, 0.5) is 0 Å². The van der Waals surface area contributed by atoms with E-state index in [4.69, 9.17) is 0 Å². The van der Waals surface area contributed by atoms with Crippen molar-refractivity contribution in [1.29, 1.82) is 0 Å². The lowest BCUT2D eigenvalue weighted by atomic mass is 10.0. The zero-order chi connectivity index (χ0) is 14.8. The van der Waals surface area contributed by atoms with E-state index in [2.05, 4.69) is 34.3 Å². The fourth-order valence-corrected chi connectivity index (χ4v) is 3.61. The zero-order valence-corrected chi connectivity index (χ0v) is 13.3. The maximum absolute atomic E-state index is 11.3. The van der Waals surface area contributed by atoms with Crippen molar-refractivity contribution in [3.63, 3.8) is 0 Å². The average molecular weight is 296 g/mol. The van der Waals surface area contributed by atoms with Crippen molar-refractivity contribution >= 4 is 10.0 Å². The van der Waals surface area contributed by atoms with E-state index in [-0.39, 0.29) is 0 Å². The first kappa shape index (κ1) is 15.5. The van der Waals surface area contributed by atoms with Crippen LogP contribution in [0.3, 0.4) is 0 Å². The number of hydrogen-bond donors (Lipinski definition) is 2. The van der Waals surface area contributed by atoms with Gasteiger partial charge in [0.1, 0.15) is 0 Å². The summed E-state index contributed by atoms with van der Waals surface area (Å²) in [5, 5.41) is 3.36. The van der Waals surface area contributed by atoms with Crippen LogP contribution in [0.1, 0.15) is 43.7 Å². The molecule has 1 aliphatic rings. The van der Waals surface area contributed by atoms with Crippen LogP contribution in [0, 0.1) is 0 Å². The lowest BCUT2D eigenvalue weighted by Crippen LogP contribution is -2.49. The van der Waals surface area contributed by atoms with E-state index in [1.54, 1.807) is 0 Å². The third-order valence-electron chi connectivity index (χ3n) is 3.42. The summed E-state index contributed by atoms with van der Waals surface area (Å²) in [6.07, 6.45) is 3.77. The van der Waals surface area contributed by atoms with Crippen molar-refractivity contribution in [2.75, 3.05) is 12.8 Å². The minimum atomic E-state index is -3.18. The Morgan fingerprint density at radius 1 is 1.25 bits per heavy atom. The molecular weight excluding hydrogens is 272 g/mol. The van der Waals surface area contributed by atoms with Gasteiger partial charge in [-0.1, -0.05) is 24.3 Å². The summed E-state index contributed by atoms with van der Waals surface area (Å²) in [4.78, 5) is 0. The second-order valence-electron chi connectivity index (χ2n) is 6.33. The van der Waals surface area contributed by atoms with E-state index in [0.29, 0.717) is 6.54 Å². The maximum Gasteiger partial charge on any atom is 0.209 e. The molecule has 1 fully saturated rings. The number of nitrogens with one attached hydrogen (secondary N) is 2. The molecule has 0 saturated heterocycles. The van der Waals surface area contributed by atoms with Crippen molar-refractivity contribution in [2.45, 2.75) is 44.7 Å². The van der Waals surface area contributed by atoms with Crippen LogP contribution in [0.15, 0.2) is 24.3 Å². The van der Waals surface area contributed by atoms with Gasteiger partial charge in [-0.15, -0.1) is 0 Å². The van der Waals surface area contributed by atoms with Crippen LogP contribution in [-0.2, 0) is 16.6 Å².